The van der Waals surface area contributed by atoms with Crippen molar-refractivity contribution in [3.63, 3.8) is 0 Å². The molecule has 0 spiro atoms. The molecule has 0 saturated heterocycles. The molecule has 1 aromatic rings. The van der Waals surface area contributed by atoms with Crippen molar-refractivity contribution in [3.8, 4) is 0 Å². The highest BCUT2D eigenvalue weighted by Crippen LogP contribution is 2.33. The minimum absolute atomic E-state index is 0.106. The van der Waals surface area contributed by atoms with Crippen LogP contribution in [0.15, 0.2) is 17.5 Å². The summed E-state index contributed by atoms with van der Waals surface area (Å²) in [5, 5.41) is 17.1. The third-order valence-corrected chi connectivity index (χ3v) is 4.87. The molecule has 5 nitrogen and oxygen atoms in total. The largest absolute Gasteiger partial charge is 0.396 e. The molecular formula is C15H25N3O2S. The first-order chi connectivity index (χ1) is 10.1. The summed E-state index contributed by atoms with van der Waals surface area (Å²) in [6.07, 6.45) is 2.95. The summed E-state index contributed by atoms with van der Waals surface area (Å²) in [7, 11) is 4.03. The molecule has 1 saturated carbocycles. The highest BCUT2D eigenvalue weighted by atomic mass is 32.1. The monoisotopic (exact) mass is 311 g/mol. The Morgan fingerprint density at radius 3 is 2.81 bits per heavy atom. The van der Waals surface area contributed by atoms with Crippen molar-refractivity contribution in [2.45, 2.75) is 31.3 Å². The van der Waals surface area contributed by atoms with Crippen molar-refractivity contribution in [2.75, 3.05) is 27.2 Å². The number of aliphatic hydroxyl groups excluding tert-OH is 1. The minimum Gasteiger partial charge on any atom is -0.396 e. The fourth-order valence-corrected chi connectivity index (χ4v) is 3.41. The zero-order valence-corrected chi connectivity index (χ0v) is 13.5. The maximum absolute atomic E-state index is 12.0. The third kappa shape index (κ3) is 4.98. The lowest BCUT2D eigenvalue weighted by Crippen LogP contribution is -2.45. The molecule has 0 radical (unpaired) electrons. The van der Waals surface area contributed by atoms with Crippen molar-refractivity contribution in [1.29, 1.82) is 0 Å². The van der Waals surface area contributed by atoms with Gasteiger partial charge in [-0.3, -0.25) is 0 Å². The Morgan fingerprint density at radius 1 is 1.52 bits per heavy atom. The van der Waals surface area contributed by atoms with Gasteiger partial charge in [-0.05, 0) is 50.7 Å². The van der Waals surface area contributed by atoms with Crippen LogP contribution in [0.2, 0.25) is 0 Å². The van der Waals surface area contributed by atoms with E-state index in [1.807, 2.05) is 20.2 Å². The van der Waals surface area contributed by atoms with Gasteiger partial charge in [-0.1, -0.05) is 6.07 Å². The van der Waals surface area contributed by atoms with Gasteiger partial charge in [-0.2, -0.15) is 0 Å². The van der Waals surface area contributed by atoms with Gasteiger partial charge in [0, 0.05) is 24.1 Å². The quantitative estimate of drug-likeness (QED) is 0.686. The van der Waals surface area contributed by atoms with Crippen molar-refractivity contribution in [3.05, 3.63) is 22.4 Å². The number of amides is 2. The summed E-state index contributed by atoms with van der Waals surface area (Å²) in [6.45, 7) is 0.701. The zero-order valence-electron chi connectivity index (χ0n) is 12.7. The van der Waals surface area contributed by atoms with Crippen molar-refractivity contribution in [2.24, 2.45) is 5.92 Å². The average Bonchev–Trinajstić information content (AvgIpc) is 3.15. The van der Waals surface area contributed by atoms with E-state index in [-0.39, 0.29) is 24.7 Å². The number of rotatable bonds is 8. The van der Waals surface area contributed by atoms with Crippen LogP contribution in [0.4, 0.5) is 4.79 Å². The van der Waals surface area contributed by atoms with Gasteiger partial charge in [0.2, 0.25) is 0 Å². The van der Waals surface area contributed by atoms with Gasteiger partial charge in [-0.15, -0.1) is 11.3 Å². The lowest BCUT2D eigenvalue weighted by Gasteiger charge is -2.24. The van der Waals surface area contributed by atoms with E-state index < -0.39 is 0 Å². The second-order valence-electron chi connectivity index (χ2n) is 5.81. The van der Waals surface area contributed by atoms with Crippen LogP contribution in [-0.2, 0) is 0 Å². The highest BCUT2D eigenvalue weighted by Gasteiger charge is 2.31. The van der Waals surface area contributed by atoms with Gasteiger partial charge < -0.3 is 20.6 Å². The minimum atomic E-state index is -0.135. The Morgan fingerprint density at radius 2 is 2.29 bits per heavy atom. The predicted molar refractivity (Wildman–Crippen MR) is 85.5 cm³/mol. The Labute approximate surface area is 130 Å². The van der Waals surface area contributed by atoms with Crippen LogP contribution in [0.25, 0.3) is 0 Å². The number of carbonyl (C=O) groups excluding carboxylic acids is 1. The Hall–Kier alpha value is -1.11. The molecule has 1 aliphatic carbocycles. The first-order valence-corrected chi connectivity index (χ1v) is 8.35. The van der Waals surface area contributed by atoms with Crippen molar-refractivity contribution in [1.82, 2.24) is 15.5 Å². The maximum Gasteiger partial charge on any atom is 0.315 e. The summed E-state index contributed by atoms with van der Waals surface area (Å²) in [4.78, 5) is 15.4. The zero-order chi connectivity index (χ0) is 15.2. The van der Waals surface area contributed by atoms with Crippen LogP contribution in [0, 0.1) is 5.92 Å². The number of thiophene rings is 1. The smallest absolute Gasteiger partial charge is 0.315 e. The number of likely N-dealkylation sites (N-methyl/N-ethyl adjacent to an activating group) is 1. The van der Waals surface area contributed by atoms with Crippen molar-refractivity contribution < 1.29 is 9.90 Å². The van der Waals surface area contributed by atoms with Gasteiger partial charge in [0.15, 0.2) is 0 Å². The first kappa shape index (κ1) is 16.3. The molecular weight excluding hydrogens is 286 g/mol. The van der Waals surface area contributed by atoms with Gasteiger partial charge in [0.25, 0.3) is 0 Å². The number of nitrogens with one attached hydrogen (secondary N) is 2. The van der Waals surface area contributed by atoms with Crippen LogP contribution in [0.5, 0.6) is 0 Å². The molecule has 0 aromatic carbocycles. The summed E-state index contributed by atoms with van der Waals surface area (Å²) in [5.41, 5.74) is 0. The SMILES string of the molecule is CN(C)C(CNC(=O)NC(CCO)C1CC1)c1cccs1. The molecule has 2 unspecified atom stereocenters. The van der Waals surface area contributed by atoms with Gasteiger partial charge in [0.1, 0.15) is 0 Å². The molecule has 0 aliphatic heterocycles. The molecule has 6 heteroatoms. The summed E-state index contributed by atoms with van der Waals surface area (Å²) >= 11 is 1.70. The standard InChI is InChI=1S/C15H25N3O2S/c1-18(2)13(14-4-3-9-21-14)10-16-15(20)17-12(7-8-19)11-5-6-11/h3-4,9,11-13,19H,5-8,10H2,1-2H3,(H2,16,17,20). The molecule has 21 heavy (non-hydrogen) atoms. The number of carbonyl (C=O) groups is 1. The summed E-state index contributed by atoms with van der Waals surface area (Å²) in [6, 6.07) is 4.28. The number of hydrogen-bond acceptors (Lipinski definition) is 4. The van der Waals surface area contributed by atoms with E-state index in [2.05, 4.69) is 27.0 Å². The Balaban J connectivity index is 1.81. The van der Waals surface area contributed by atoms with Crippen LogP contribution in [0.1, 0.15) is 30.2 Å². The second kappa shape index (κ2) is 7.77. The number of aliphatic hydroxyl groups is 1. The predicted octanol–water partition coefficient (Wildman–Crippen LogP) is 1.81. The van der Waals surface area contributed by atoms with Gasteiger partial charge >= 0.3 is 6.03 Å². The molecule has 1 fully saturated rings. The Kier molecular flexibility index (Phi) is 6.02. The van der Waals surface area contributed by atoms with E-state index in [0.717, 1.165) is 12.8 Å². The number of urea groups is 1. The van der Waals surface area contributed by atoms with Gasteiger partial charge in [0.05, 0.1) is 6.04 Å². The summed E-state index contributed by atoms with van der Waals surface area (Å²) in [5.74, 6) is 0.546. The summed E-state index contributed by atoms with van der Waals surface area (Å²) < 4.78 is 0. The molecule has 1 aliphatic rings. The van der Waals surface area contributed by atoms with Crippen molar-refractivity contribution >= 4 is 17.4 Å². The van der Waals surface area contributed by atoms with Crippen LogP contribution in [-0.4, -0.2) is 49.3 Å². The van der Waals surface area contributed by atoms with E-state index in [0.29, 0.717) is 18.9 Å². The maximum atomic E-state index is 12.0. The van der Waals surface area contributed by atoms with E-state index in [1.54, 1.807) is 11.3 Å². The molecule has 0 bridgehead atoms. The second-order valence-corrected chi connectivity index (χ2v) is 6.78. The molecule has 1 heterocycles. The Bertz CT molecular complexity index is 432. The lowest BCUT2D eigenvalue weighted by atomic mass is 10.1. The van der Waals surface area contributed by atoms with E-state index in [1.165, 1.54) is 4.88 Å². The van der Waals surface area contributed by atoms with Crippen LogP contribution >= 0.6 is 11.3 Å². The number of hydrogen-bond donors (Lipinski definition) is 3. The molecule has 2 atom stereocenters. The van der Waals surface area contributed by atoms with Gasteiger partial charge in [-0.25, -0.2) is 4.79 Å². The molecule has 2 rings (SSSR count). The normalized spacial score (nSPS) is 17.5. The third-order valence-electron chi connectivity index (χ3n) is 3.90. The molecule has 1 aromatic heterocycles. The van der Waals surface area contributed by atoms with Crippen LogP contribution in [0.3, 0.4) is 0 Å². The fourth-order valence-electron chi connectivity index (χ4n) is 2.49. The first-order valence-electron chi connectivity index (χ1n) is 7.47. The van der Waals surface area contributed by atoms with E-state index >= 15 is 0 Å². The molecule has 118 valence electrons. The highest BCUT2D eigenvalue weighted by molar-refractivity contribution is 7.10. The lowest BCUT2D eigenvalue weighted by molar-refractivity contribution is 0.219. The number of nitrogens with zero attached hydrogens (tertiary/aromatic N) is 1. The topological polar surface area (TPSA) is 64.6 Å². The molecule has 2 amide bonds. The van der Waals surface area contributed by atoms with Crippen LogP contribution < -0.4 is 10.6 Å². The average molecular weight is 311 g/mol. The fraction of sp³-hybridized carbons (Fsp3) is 0.667. The van der Waals surface area contributed by atoms with E-state index in [4.69, 9.17) is 5.11 Å². The van der Waals surface area contributed by atoms with E-state index in [9.17, 15) is 4.79 Å². The molecule has 3 N–H and O–H groups in total.